The van der Waals surface area contributed by atoms with Crippen molar-refractivity contribution in [3.05, 3.63) is 34.7 Å². The largest absolute Gasteiger partial charge is 0.384 e. The van der Waals surface area contributed by atoms with E-state index in [0.717, 1.165) is 54.1 Å². The number of amidine groups is 1. The number of carbonyl (C=O) groups is 1. The van der Waals surface area contributed by atoms with Crippen LogP contribution in [-0.2, 0) is 9.53 Å². The molecule has 1 saturated heterocycles. The third-order valence-electron chi connectivity index (χ3n) is 3.90. The van der Waals surface area contributed by atoms with Crippen molar-refractivity contribution in [2.45, 2.75) is 46.5 Å². The molecule has 27 heavy (non-hydrogen) atoms. The predicted octanol–water partition coefficient (Wildman–Crippen LogP) is 3.68. The number of ether oxygens (including phenoxy) is 1. The van der Waals surface area contributed by atoms with Crippen LogP contribution in [0.1, 0.15) is 46.5 Å². The van der Waals surface area contributed by atoms with Gasteiger partial charge >= 0.3 is 0 Å². The van der Waals surface area contributed by atoms with Crippen molar-refractivity contribution < 1.29 is 9.53 Å². The maximum atomic E-state index is 12.0. The van der Waals surface area contributed by atoms with Gasteiger partial charge in [0, 0.05) is 37.2 Å². The van der Waals surface area contributed by atoms with Crippen molar-refractivity contribution >= 4 is 27.7 Å². The number of amides is 1. The molecule has 1 amide bonds. The zero-order valence-corrected chi connectivity index (χ0v) is 18.4. The number of nitrogens with zero attached hydrogens (tertiary/aromatic N) is 2. The molecule has 1 aliphatic heterocycles. The molecule has 1 rings (SSSR count). The summed E-state index contributed by atoms with van der Waals surface area (Å²) in [5, 5.41) is 6.54. The Bertz CT molecular complexity index is 585. The second-order valence-electron chi connectivity index (χ2n) is 6.53. The standard InChI is InChI=1S/C20H33BrN4O2/c1-5-6-8-19(18(21)15-23-17(4)24-16(2)3)22-10-7-11-25-12-14-27-13-9-20(25)26/h8,15,22H,2,5-7,9-14H2,1,3-4H3,(H,23,24)/b18-15+,19-8-. The fraction of sp³-hybridized carbons (Fsp3) is 0.600. The summed E-state index contributed by atoms with van der Waals surface area (Å²) < 4.78 is 6.26. The first-order valence-corrected chi connectivity index (χ1v) is 10.4. The zero-order valence-electron chi connectivity index (χ0n) is 16.8. The average Bonchev–Trinajstić information content (AvgIpc) is 2.82. The molecule has 0 bridgehead atoms. The molecule has 0 radical (unpaired) electrons. The Morgan fingerprint density at radius 2 is 2.19 bits per heavy atom. The number of hydrogen-bond acceptors (Lipinski definition) is 4. The first-order valence-electron chi connectivity index (χ1n) is 9.56. The monoisotopic (exact) mass is 440 g/mol. The predicted molar refractivity (Wildman–Crippen MR) is 116 cm³/mol. The van der Waals surface area contributed by atoms with Crippen LogP contribution in [0.2, 0.25) is 0 Å². The maximum Gasteiger partial charge on any atom is 0.224 e. The van der Waals surface area contributed by atoms with Crippen LogP contribution in [0.25, 0.3) is 0 Å². The highest BCUT2D eigenvalue weighted by Gasteiger charge is 2.16. The van der Waals surface area contributed by atoms with Gasteiger partial charge in [0.2, 0.25) is 5.91 Å². The highest BCUT2D eigenvalue weighted by molar-refractivity contribution is 9.12. The second-order valence-corrected chi connectivity index (χ2v) is 7.38. The average molecular weight is 441 g/mol. The van der Waals surface area contributed by atoms with E-state index in [1.807, 2.05) is 18.7 Å². The quantitative estimate of drug-likeness (QED) is 0.235. The van der Waals surface area contributed by atoms with Gasteiger partial charge in [-0.25, -0.2) is 4.99 Å². The number of rotatable bonds is 10. The molecule has 0 unspecified atom stereocenters. The van der Waals surface area contributed by atoms with Gasteiger partial charge in [0.1, 0.15) is 5.84 Å². The molecule has 0 aliphatic carbocycles. The maximum absolute atomic E-state index is 12.0. The van der Waals surface area contributed by atoms with E-state index in [1.54, 1.807) is 6.20 Å². The summed E-state index contributed by atoms with van der Waals surface area (Å²) >= 11 is 3.61. The van der Waals surface area contributed by atoms with E-state index in [9.17, 15) is 4.79 Å². The summed E-state index contributed by atoms with van der Waals surface area (Å²) in [5.41, 5.74) is 1.88. The highest BCUT2D eigenvalue weighted by Crippen LogP contribution is 2.16. The minimum Gasteiger partial charge on any atom is -0.384 e. The molecule has 0 spiro atoms. The molecule has 0 aromatic carbocycles. The van der Waals surface area contributed by atoms with E-state index in [4.69, 9.17) is 4.74 Å². The van der Waals surface area contributed by atoms with E-state index in [2.05, 4.69) is 51.1 Å². The van der Waals surface area contributed by atoms with Crippen molar-refractivity contribution in [1.82, 2.24) is 15.5 Å². The fourth-order valence-corrected chi connectivity index (χ4v) is 2.96. The van der Waals surface area contributed by atoms with Gasteiger partial charge in [-0.2, -0.15) is 0 Å². The zero-order chi connectivity index (χ0) is 20.1. The van der Waals surface area contributed by atoms with E-state index in [1.165, 1.54) is 0 Å². The molecule has 1 fully saturated rings. The van der Waals surface area contributed by atoms with E-state index in [0.29, 0.717) is 26.2 Å². The molecule has 7 heteroatoms. The van der Waals surface area contributed by atoms with Crippen LogP contribution in [0, 0.1) is 0 Å². The number of allylic oxidation sites excluding steroid dienone is 3. The van der Waals surface area contributed by atoms with Crippen LogP contribution < -0.4 is 10.6 Å². The molecule has 6 nitrogen and oxygen atoms in total. The van der Waals surface area contributed by atoms with Gasteiger partial charge in [-0.15, -0.1) is 0 Å². The SMILES string of the molecule is C=C(C)NC(C)=N/C=C(Br)\C(=C\CCC)NCCCN1CCOCCC1=O. The summed E-state index contributed by atoms with van der Waals surface area (Å²) in [6.07, 6.45) is 7.39. The Hall–Kier alpha value is -1.60. The third kappa shape index (κ3) is 10.3. The lowest BCUT2D eigenvalue weighted by Crippen LogP contribution is -2.34. The topological polar surface area (TPSA) is 66.0 Å². The van der Waals surface area contributed by atoms with Crippen molar-refractivity contribution in [2.24, 2.45) is 4.99 Å². The van der Waals surface area contributed by atoms with Crippen molar-refractivity contribution in [3.63, 3.8) is 0 Å². The van der Waals surface area contributed by atoms with Crippen molar-refractivity contribution in [1.29, 1.82) is 0 Å². The number of nitrogens with one attached hydrogen (secondary N) is 2. The first-order chi connectivity index (χ1) is 12.9. The molecular weight excluding hydrogens is 408 g/mol. The van der Waals surface area contributed by atoms with E-state index >= 15 is 0 Å². The van der Waals surface area contributed by atoms with Crippen LogP contribution in [0.4, 0.5) is 0 Å². The lowest BCUT2D eigenvalue weighted by molar-refractivity contribution is -0.130. The van der Waals surface area contributed by atoms with Crippen LogP contribution in [0.3, 0.4) is 0 Å². The molecule has 152 valence electrons. The van der Waals surface area contributed by atoms with Crippen molar-refractivity contribution in [2.75, 3.05) is 32.8 Å². The Labute approximate surface area is 171 Å². The van der Waals surface area contributed by atoms with Crippen LogP contribution in [0.5, 0.6) is 0 Å². The molecular formula is C20H33BrN4O2. The van der Waals surface area contributed by atoms with Gasteiger partial charge in [-0.05, 0) is 42.6 Å². The Morgan fingerprint density at radius 1 is 1.41 bits per heavy atom. The number of unbranched alkanes of at least 4 members (excludes halogenated alkanes) is 1. The number of halogens is 1. The molecule has 1 heterocycles. The van der Waals surface area contributed by atoms with Crippen LogP contribution in [-0.4, -0.2) is 49.5 Å². The second kappa shape index (κ2) is 13.6. The summed E-state index contributed by atoms with van der Waals surface area (Å²) in [6, 6.07) is 0. The molecule has 0 aromatic rings. The molecule has 0 atom stereocenters. The Balaban J connectivity index is 2.56. The number of hydrogen-bond donors (Lipinski definition) is 2. The molecule has 1 aliphatic rings. The Kier molecular flexibility index (Phi) is 11.8. The number of aliphatic imine (C=N–C) groups is 1. The van der Waals surface area contributed by atoms with Gasteiger partial charge in [0.25, 0.3) is 0 Å². The smallest absolute Gasteiger partial charge is 0.224 e. The Morgan fingerprint density at radius 3 is 2.89 bits per heavy atom. The van der Waals surface area contributed by atoms with E-state index < -0.39 is 0 Å². The molecule has 0 saturated carbocycles. The first kappa shape index (κ1) is 23.4. The lowest BCUT2D eigenvalue weighted by atomic mass is 10.2. The van der Waals surface area contributed by atoms with Crippen LogP contribution in [0.15, 0.2) is 39.7 Å². The van der Waals surface area contributed by atoms with Gasteiger partial charge in [0.05, 0.1) is 24.1 Å². The lowest BCUT2D eigenvalue weighted by Gasteiger charge is -2.20. The molecule has 0 aromatic heterocycles. The van der Waals surface area contributed by atoms with E-state index in [-0.39, 0.29) is 5.91 Å². The third-order valence-corrected chi connectivity index (χ3v) is 4.53. The van der Waals surface area contributed by atoms with Gasteiger partial charge in [-0.1, -0.05) is 26.0 Å². The number of carbonyl (C=O) groups excluding carboxylic acids is 1. The minimum absolute atomic E-state index is 0.185. The normalized spacial score (nSPS) is 17.0. The summed E-state index contributed by atoms with van der Waals surface area (Å²) in [4.78, 5) is 18.3. The molecule has 2 N–H and O–H groups in total. The van der Waals surface area contributed by atoms with Crippen LogP contribution >= 0.6 is 15.9 Å². The van der Waals surface area contributed by atoms with Crippen molar-refractivity contribution in [3.8, 4) is 0 Å². The van der Waals surface area contributed by atoms with Gasteiger partial charge in [-0.3, -0.25) is 4.79 Å². The highest BCUT2D eigenvalue weighted by atomic mass is 79.9. The fourth-order valence-electron chi connectivity index (χ4n) is 2.56. The summed E-state index contributed by atoms with van der Waals surface area (Å²) in [5.74, 6) is 0.973. The summed E-state index contributed by atoms with van der Waals surface area (Å²) in [6.45, 7) is 13.1. The van der Waals surface area contributed by atoms with Gasteiger partial charge < -0.3 is 20.3 Å². The summed E-state index contributed by atoms with van der Waals surface area (Å²) in [7, 11) is 0. The van der Waals surface area contributed by atoms with Gasteiger partial charge in [0.15, 0.2) is 0 Å². The minimum atomic E-state index is 0.185.